The Bertz CT molecular complexity index is 524. The van der Waals surface area contributed by atoms with Gasteiger partial charge in [0.1, 0.15) is 0 Å². The van der Waals surface area contributed by atoms with Crippen molar-refractivity contribution >= 4 is 22.4 Å². The molecule has 1 saturated heterocycles. The van der Waals surface area contributed by atoms with Crippen molar-refractivity contribution in [1.82, 2.24) is 4.90 Å². The number of hydrogen-bond acceptors (Lipinski definition) is 4. The van der Waals surface area contributed by atoms with Crippen LogP contribution in [0.15, 0.2) is 24.3 Å². The molecule has 6 heteroatoms. The van der Waals surface area contributed by atoms with Gasteiger partial charge in [0.15, 0.2) is 0 Å². The minimum atomic E-state index is -0.788. The zero-order valence-corrected chi connectivity index (χ0v) is 14.7. The standard InChI is InChI=1S/C16H24ClNO3S/c1-16(2)12-18(7-8-22(16)20)9-14(19)11-21-10-13-5-3-4-6-15(13)17/h3-6,14,19H,7-12H2,1-2H3. The van der Waals surface area contributed by atoms with E-state index in [1.807, 2.05) is 38.1 Å². The summed E-state index contributed by atoms with van der Waals surface area (Å²) in [6.45, 7) is 6.73. The van der Waals surface area contributed by atoms with E-state index in [-0.39, 0.29) is 11.4 Å². The highest BCUT2D eigenvalue weighted by atomic mass is 35.5. The molecule has 0 amide bonds. The highest BCUT2D eigenvalue weighted by Crippen LogP contribution is 2.20. The number of β-amino-alcohol motifs (C(OH)–C–C–N with tert-alkyl or cyclic N) is 1. The molecule has 0 aliphatic carbocycles. The second-order valence-electron chi connectivity index (χ2n) is 6.30. The van der Waals surface area contributed by atoms with E-state index in [1.54, 1.807) is 0 Å². The summed E-state index contributed by atoms with van der Waals surface area (Å²) in [5.41, 5.74) is 0.922. The summed E-state index contributed by atoms with van der Waals surface area (Å²) in [5, 5.41) is 10.8. The van der Waals surface area contributed by atoms with Gasteiger partial charge >= 0.3 is 0 Å². The second kappa shape index (κ2) is 7.88. The van der Waals surface area contributed by atoms with E-state index in [0.29, 0.717) is 23.9 Å². The van der Waals surface area contributed by atoms with Gasteiger partial charge in [-0.05, 0) is 25.5 Å². The Balaban J connectivity index is 1.73. The number of benzene rings is 1. The third-order valence-corrected chi connectivity index (χ3v) is 6.09. The highest BCUT2D eigenvalue weighted by molar-refractivity contribution is 7.86. The third-order valence-electron chi connectivity index (χ3n) is 3.81. The first-order valence-electron chi connectivity index (χ1n) is 7.48. The van der Waals surface area contributed by atoms with Gasteiger partial charge in [0.05, 0.1) is 24.1 Å². The van der Waals surface area contributed by atoms with Crippen LogP contribution in [0.5, 0.6) is 0 Å². The van der Waals surface area contributed by atoms with Crippen molar-refractivity contribution in [2.75, 3.05) is 32.0 Å². The molecule has 4 nitrogen and oxygen atoms in total. The van der Waals surface area contributed by atoms with E-state index >= 15 is 0 Å². The van der Waals surface area contributed by atoms with Crippen LogP contribution in [0.1, 0.15) is 19.4 Å². The Kier molecular flexibility index (Phi) is 6.41. The molecule has 0 spiro atoms. The van der Waals surface area contributed by atoms with Crippen LogP contribution in [-0.4, -0.2) is 57.1 Å². The Labute approximate surface area is 139 Å². The molecule has 2 rings (SSSR count). The number of aliphatic hydroxyl groups excluding tert-OH is 1. The van der Waals surface area contributed by atoms with Gasteiger partial charge in [0, 0.05) is 41.2 Å². The normalized spacial score (nSPS) is 23.4. The van der Waals surface area contributed by atoms with Gasteiger partial charge < -0.3 is 9.84 Å². The lowest BCUT2D eigenvalue weighted by Gasteiger charge is -2.38. The molecule has 0 radical (unpaired) electrons. The summed E-state index contributed by atoms with van der Waals surface area (Å²) in [7, 11) is -0.788. The first-order chi connectivity index (χ1) is 10.4. The first-order valence-corrected chi connectivity index (χ1v) is 9.18. The number of halogens is 1. The number of ether oxygens (including phenoxy) is 1. The average molecular weight is 346 g/mol. The summed E-state index contributed by atoms with van der Waals surface area (Å²) in [6, 6.07) is 7.53. The maximum absolute atomic E-state index is 11.9. The first kappa shape index (κ1) is 17.9. The molecule has 2 unspecified atom stereocenters. The van der Waals surface area contributed by atoms with E-state index in [9.17, 15) is 9.32 Å². The topological polar surface area (TPSA) is 49.8 Å². The maximum atomic E-state index is 11.9. The second-order valence-corrected chi connectivity index (χ2v) is 8.92. The molecule has 0 aromatic heterocycles. The van der Waals surface area contributed by atoms with Crippen molar-refractivity contribution in [3.05, 3.63) is 34.9 Å². The van der Waals surface area contributed by atoms with E-state index in [2.05, 4.69) is 4.90 Å². The monoisotopic (exact) mass is 345 g/mol. The van der Waals surface area contributed by atoms with Crippen LogP contribution in [0.25, 0.3) is 0 Å². The van der Waals surface area contributed by atoms with Gasteiger partial charge in [0.25, 0.3) is 0 Å². The minimum Gasteiger partial charge on any atom is -0.389 e. The molecule has 1 fully saturated rings. The fourth-order valence-corrected chi connectivity index (χ4v) is 4.10. The zero-order chi connectivity index (χ0) is 16.2. The molecule has 1 aliphatic heterocycles. The SMILES string of the molecule is CC1(C)CN(CC(O)COCc2ccccc2Cl)CCS1=O. The molecule has 1 aromatic carbocycles. The van der Waals surface area contributed by atoms with Crippen molar-refractivity contribution in [2.45, 2.75) is 31.3 Å². The van der Waals surface area contributed by atoms with Crippen molar-refractivity contribution in [1.29, 1.82) is 0 Å². The van der Waals surface area contributed by atoms with Gasteiger partial charge in [-0.2, -0.15) is 0 Å². The third kappa shape index (κ3) is 5.03. The molecule has 1 aliphatic rings. The van der Waals surface area contributed by atoms with Crippen LogP contribution >= 0.6 is 11.6 Å². The van der Waals surface area contributed by atoms with E-state index in [0.717, 1.165) is 18.7 Å². The molecule has 2 atom stereocenters. The van der Waals surface area contributed by atoms with Gasteiger partial charge in [0.2, 0.25) is 0 Å². The van der Waals surface area contributed by atoms with Crippen molar-refractivity contribution in [3.63, 3.8) is 0 Å². The molecule has 0 bridgehead atoms. The zero-order valence-electron chi connectivity index (χ0n) is 13.1. The fourth-order valence-electron chi connectivity index (χ4n) is 2.60. The lowest BCUT2D eigenvalue weighted by atomic mass is 10.1. The lowest BCUT2D eigenvalue weighted by molar-refractivity contribution is 0.00912. The maximum Gasteiger partial charge on any atom is 0.0900 e. The summed E-state index contributed by atoms with van der Waals surface area (Å²) < 4.78 is 17.2. The average Bonchev–Trinajstić information content (AvgIpc) is 2.45. The molecule has 1 heterocycles. The predicted octanol–water partition coefficient (Wildman–Crippen LogP) is 2.06. The Morgan fingerprint density at radius 3 is 2.86 bits per heavy atom. The minimum absolute atomic E-state index is 0.212. The van der Waals surface area contributed by atoms with Crippen LogP contribution in [-0.2, 0) is 22.1 Å². The van der Waals surface area contributed by atoms with Gasteiger partial charge in [-0.1, -0.05) is 29.8 Å². The summed E-state index contributed by atoms with van der Waals surface area (Å²) in [4.78, 5) is 2.16. The van der Waals surface area contributed by atoms with Gasteiger partial charge in [-0.25, -0.2) is 0 Å². The number of nitrogens with zero attached hydrogens (tertiary/aromatic N) is 1. The summed E-state index contributed by atoms with van der Waals surface area (Å²) in [6.07, 6.45) is -0.551. The smallest absolute Gasteiger partial charge is 0.0900 e. The van der Waals surface area contributed by atoms with Crippen molar-refractivity contribution in [3.8, 4) is 0 Å². The van der Waals surface area contributed by atoms with Crippen molar-refractivity contribution < 1.29 is 14.1 Å². The Morgan fingerprint density at radius 1 is 1.45 bits per heavy atom. The number of aliphatic hydroxyl groups is 1. The quantitative estimate of drug-likeness (QED) is 0.857. The molecule has 1 N–H and O–H groups in total. The largest absolute Gasteiger partial charge is 0.389 e. The highest BCUT2D eigenvalue weighted by Gasteiger charge is 2.33. The summed E-state index contributed by atoms with van der Waals surface area (Å²) in [5.74, 6) is 0.667. The number of rotatable bonds is 6. The summed E-state index contributed by atoms with van der Waals surface area (Å²) >= 11 is 6.06. The molecular weight excluding hydrogens is 322 g/mol. The van der Waals surface area contributed by atoms with Gasteiger partial charge in [-0.3, -0.25) is 9.11 Å². The van der Waals surface area contributed by atoms with Crippen LogP contribution in [0.2, 0.25) is 5.02 Å². The Morgan fingerprint density at radius 2 is 2.18 bits per heavy atom. The van der Waals surface area contributed by atoms with E-state index in [1.165, 1.54) is 0 Å². The van der Waals surface area contributed by atoms with E-state index in [4.69, 9.17) is 16.3 Å². The fraction of sp³-hybridized carbons (Fsp3) is 0.625. The van der Waals surface area contributed by atoms with Crippen LogP contribution < -0.4 is 0 Å². The lowest BCUT2D eigenvalue weighted by Crippen LogP contribution is -2.52. The molecule has 22 heavy (non-hydrogen) atoms. The molecular formula is C16H24ClNO3S. The van der Waals surface area contributed by atoms with Crippen LogP contribution in [0, 0.1) is 0 Å². The number of hydrogen-bond donors (Lipinski definition) is 1. The Hall–Kier alpha value is -0.460. The van der Waals surface area contributed by atoms with Gasteiger partial charge in [-0.15, -0.1) is 0 Å². The predicted molar refractivity (Wildman–Crippen MR) is 90.6 cm³/mol. The molecule has 0 saturated carbocycles. The van der Waals surface area contributed by atoms with Crippen LogP contribution in [0.4, 0.5) is 0 Å². The van der Waals surface area contributed by atoms with Crippen molar-refractivity contribution in [2.24, 2.45) is 0 Å². The van der Waals surface area contributed by atoms with Crippen LogP contribution in [0.3, 0.4) is 0 Å². The molecule has 1 aromatic rings. The van der Waals surface area contributed by atoms with E-state index < -0.39 is 16.9 Å². The molecule has 124 valence electrons.